The van der Waals surface area contributed by atoms with E-state index in [1.807, 2.05) is 14.1 Å². The molecule has 0 aliphatic rings. The van der Waals surface area contributed by atoms with E-state index < -0.39 is 10.1 Å². The molecular formula is C9H23N2O3S+. The Hall–Kier alpha value is -0.170. The molecule has 0 spiro atoms. The maximum atomic E-state index is 10.5. The molecule has 1 N–H and O–H groups in total. The Bertz CT molecular complexity index is 273. The zero-order valence-corrected chi connectivity index (χ0v) is 10.9. The molecule has 0 heterocycles. The quantitative estimate of drug-likeness (QED) is 0.498. The highest BCUT2D eigenvalue weighted by atomic mass is 32.2. The van der Waals surface area contributed by atoms with E-state index in [2.05, 4.69) is 19.0 Å². The lowest BCUT2D eigenvalue weighted by Crippen LogP contribution is -2.45. The first-order chi connectivity index (χ1) is 6.62. The standard InChI is InChI=1S/C9H22N2O3S/c1-10(2)6-8-11(3,4)7-5-9-15(12,13)14/h5-9H2,1-4H3/p+1. The first-order valence-corrected chi connectivity index (χ1v) is 6.65. The van der Waals surface area contributed by atoms with Crippen LogP contribution in [0.5, 0.6) is 0 Å². The molecular weight excluding hydrogens is 216 g/mol. The van der Waals surface area contributed by atoms with Crippen molar-refractivity contribution in [1.82, 2.24) is 4.90 Å². The first-order valence-electron chi connectivity index (χ1n) is 5.04. The second-order valence-corrected chi connectivity index (χ2v) is 6.40. The molecule has 0 rings (SSSR count). The van der Waals surface area contributed by atoms with Crippen LogP contribution in [0.15, 0.2) is 0 Å². The van der Waals surface area contributed by atoms with Gasteiger partial charge in [0.05, 0.1) is 32.9 Å². The summed E-state index contributed by atoms with van der Waals surface area (Å²) in [4.78, 5) is 2.10. The summed E-state index contributed by atoms with van der Waals surface area (Å²) in [6, 6.07) is 0. The minimum Gasteiger partial charge on any atom is -0.327 e. The number of hydrogen-bond donors (Lipinski definition) is 1. The minimum atomic E-state index is -3.80. The average molecular weight is 239 g/mol. The van der Waals surface area contributed by atoms with Gasteiger partial charge in [-0.25, -0.2) is 0 Å². The summed E-state index contributed by atoms with van der Waals surface area (Å²) in [5.41, 5.74) is 0. The van der Waals surface area contributed by atoms with Gasteiger partial charge in [-0.3, -0.25) is 4.55 Å². The van der Waals surface area contributed by atoms with Crippen molar-refractivity contribution in [1.29, 1.82) is 0 Å². The fourth-order valence-electron chi connectivity index (χ4n) is 1.26. The second-order valence-electron chi connectivity index (χ2n) is 4.83. The maximum Gasteiger partial charge on any atom is 0.265 e. The highest BCUT2D eigenvalue weighted by molar-refractivity contribution is 7.85. The summed E-state index contributed by atoms with van der Waals surface area (Å²) in [5, 5.41) is 0. The molecule has 92 valence electrons. The van der Waals surface area contributed by atoms with Crippen LogP contribution in [-0.4, -0.2) is 75.9 Å². The molecule has 0 aromatic heterocycles. The van der Waals surface area contributed by atoms with E-state index in [4.69, 9.17) is 4.55 Å². The van der Waals surface area contributed by atoms with E-state index >= 15 is 0 Å². The number of nitrogens with zero attached hydrogens (tertiary/aromatic N) is 2. The van der Waals surface area contributed by atoms with Crippen molar-refractivity contribution in [2.45, 2.75) is 6.42 Å². The van der Waals surface area contributed by atoms with Gasteiger partial charge >= 0.3 is 0 Å². The zero-order valence-electron chi connectivity index (χ0n) is 10.1. The van der Waals surface area contributed by atoms with Crippen LogP contribution in [0, 0.1) is 0 Å². The third-order valence-electron chi connectivity index (χ3n) is 2.32. The molecule has 0 fully saturated rings. The lowest BCUT2D eigenvalue weighted by atomic mass is 10.3. The van der Waals surface area contributed by atoms with E-state index in [9.17, 15) is 8.42 Å². The number of likely N-dealkylation sites (N-methyl/N-ethyl adjacent to an activating group) is 2. The Labute approximate surface area is 93.0 Å². The van der Waals surface area contributed by atoms with Crippen LogP contribution in [0.25, 0.3) is 0 Å². The summed E-state index contributed by atoms with van der Waals surface area (Å²) < 4.78 is 30.4. The molecule has 5 nitrogen and oxygen atoms in total. The van der Waals surface area contributed by atoms with Gasteiger partial charge in [-0.2, -0.15) is 8.42 Å². The Morgan fingerprint density at radius 1 is 1.20 bits per heavy atom. The van der Waals surface area contributed by atoms with Crippen LogP contribution >= 0.6 is 0 Å². The molecule has 6 heteroatoms. The SMILES string of the molecule is CN(C)CC[N+](C)(C)CCCS(=O)(=O)O. The third kappa shape index (κ3) is 10.1. The highest BCUT2D eigenvalue weighted by Crippen LogP contribution is 2.01. The minimum absolute atomic E-state index is 0.142. The van der Waals surface area contributed by atoms with Gasteiger partial charge in [0.25, 0.3) is 10.1 Å². The van der Waals surface area contributed by atoms with Crippen molar-refractivity contribution in [2.24, 2.45) is 0 Å². The molecule has 0 radical (unpaired) electrons. The molecule has 0 amide bonds. The van der Waals surface area contributed by atoms with E-state index in [0.29, 0.717) is 6.42 Å². The second kappa shape index (κ2) is 5.79. The summed E-state index contributed by atoms with van der Waals surface area (Å²) >= 11 is 0. The van der Waals surface area contributed by atoms with Gasteiger partial charge in [-0.1, -0.05) is 0 Å². The van der Waals surface area contributed by atoms with Crippen molar-refractivity contribution in [2.75, 3.05) is 53.6 Å². The molecule has 0 aliphatic carbocycles. The number of hydrogen-bond acceptors (Lipinski definition) is 3. The van der Waals surface area contributed by atoms with E-state index in [-0.39, 0.29) is 5.75 Å². The number of quaternary nitrogens is 1. The van der Waals surface area contributed by atoms with Crippen LogP contribution in [-0.2, 0) is 10.1 Å². The Morgan fingerprint density at radius 3 is 2.13 bits per heavy atom. The fraction of sp³-hybridized carbons (Fsp3) is 1.00. The summed E-state index contributed by atoms with van der Waals surface area (Å²) in [5.74, 6) is -0.142. The Morgan fingerprint density at radius 2 is 1.73 bits per heavy atom. The van der Waals surface area contributed by atoms with Crippen LogP contribution in [0.1, 0.15) is 6.42 Å². The lowest BCUT2D eigenvalue weighted by Gasteiger charge is -2.30. The molecule has 0 aliphatic heterocycles. The summed E-state index contributed by atoms with van der Waals surface area (Å²) in [6.45, 7) is 2.70. The molecule has 0 saturated heterocycles. The Kier molecular flexibility index (Phi) is 5.72. The first kappa shape index (κ1) is 14.8. The molecule has 0 aromatic rings. The van der Waals surface area contributed by atoms with Gasteiger partial charge < -0.3 is 9.38 Å². The van der Waals surface area contributed by atoms with E-state index in [0.717, 1.165) is 24.1 Å². The molecule has 15 heavy (non-hydrogen) atoms. The van der Waals surface area contributed by atoms with Crippen molar-refractivity contribution in [3.8, 4) is 0 Å². The lowest BCUT2D eigenvalue weighted by molar-refractivity contribution is -0.889. The summed E-state index contributed by atoms with van der Waals surface area (Å²) in [6.07, 6.45) is 0.499. The molecule has 0 atom stereocenters. The number of rotatable bonds is 7. The van der Waals surface area contributed by atoms with Crippen LogP contribution in [0.2, 0.25) is 0 Å². The topological polar surface area (TPSA) is 57.6 Å². The maximum absolute atomic E-state index is 10.5. The van der Waals surface area contributed by atoms with Crippen LogP contribution < -0.4 is 0 Å². The smallest absolute Gasteiger partial charge is 0.265 e. The van der Waals surface area contributed by atoms with Crippen molar-refractivity contribution < 1.29 is 17.5 Å². The third-order valence-corrected chi connectivity index (χ3v) is 3.12. The summed E-state index contributed by atoms with van der Waals surface area (Å²) in [7, 11) is 4.35. The molecule has 0 aromatic carbocycles. The van der Waals surface area contributed by atoms with Gasteiger partial charge in [0, 0.05) is 13.0 Å². The van der Waals surface area contributed by atoms with Gasteiger partial charge in [0.2, 0.25) is 0 Å². The molecule has 0 unspecified atom stereocenters. The van der Waals surface area contributed by atoms with Gasteiger partial charge in [0.15, 0.2) is 0 Å². The molecule has 0 bridgehead atoms. The highest BCUT2D eigenvalue weighted by Gasteiger charge is 2.16. The predicted molar refractivity (Wildman–Crippen MR) is 61.4 cm³/mol. The largest absolute Gasteiger partial charge is 0.327 e. The van der Waals surface area contributed by atoms with Gasteiger partial charge in [-0.15, -0.1) is 0 Å². The average Bonchev–Trinajstić information content (AvgIpc) is 1.98. The van der Waals surface area contributed by atoms with Gasteiger partial charge in [0.1, 0.15) is 0 Å². The van der Waals surface area contributed by atoms with Crippen molar-refractivity contribution in [3.63, 3.8) is 0 Å². The van der Waals surface area contributed by atoms with E-state index in [1.54, 1.807) is 0 Å². The normalized spacial score (nSPS) is 13.5. The van der Waals surface area contributed by atoms with Gasteiger partial charge in [-0.05, 0) is 14.1 Å². The predicted octanol–water partition coefficient (Wildman–Crippen LogP) is -0.0977. The van der Waals surface area contributed by atoms with E-state index in [1.165, 1.54) is 0 Å². The zero-order chi connectivity index (χ0) is 12.1. The van der Waals surface area contributed by atoms with Crippen LogP contribution in [0.3, 0.4) is 0 Å². The fourth-order valence-corrected chi connectivity index (χ4v) is 1.75. The molecule has 0 saturated carbocycles. The Balaban J connectivity index is 3.84. The van der Waals surface area contributed by atoms with Crippen molar-refractivity contribution >= 4 is 10.1 Å². The van der Waals surface area contributed by atoms with Crippen LogP contribution in [0.4, 0.5) is 0 Å². The van der Waals surface area contributed by atoms with Crippen molar-refractivity contribution in [3.05, 3.63) is 0 Å². The monoisotopic (exact) mass is 239 g/mol.